The van der Waals surface area contributed by atoms with Gasteiger partial charge in [-0.05, 0) is 30.7 Å². The fraction of sp³-hybridized carbons (Fsp3) is 0.385. The van der Waals surface area contributed by atoms with E-state index in [2.05, 4.69) is 5.32 Å². The molecule has 1 rings (SSSR count). The van der Waals surface area contributed by atoms with Gasteiger partial charge in [-0.25, -0.2) is 4.79 Å². The van der Waals surface area contributed by atoms with Crippen molar-refractivity contribution in [2.24, 2.45) is 5.41 Å². The largest absolute Gasteiger partial charge is 0.478 e. The molecule has 0 aromatic heterocycles. The van der Waals surface area contributed by atoms with Crippen molar-refractivity contribution < 1.29 is 14.7 Å². The number of hydrogen-bond donors (Lipinski definition) is 2. The smallest absolute Gasteiger partial charge is 0.335 e. The quantitative estimate of drug-likeness (QED) is 0.828. The predicted octanol–water partition coefficient (Wildman–Crippen LogP) is 2.68. The molecule has 2 N–H and O–H groups in total. The van der Waals surface area contributed by atoms with E-state index in [1.54, 1.807) is 19.1 Å². The molecule has 0 unspecified atom stereocenters. The van der Waals surface area contributed by atoms with E-state index in [-0.39, 0.29) is 11.5 Å². The first-order chi connectivity index (χ1) is 7.71. The topological polar surface area (TPSA) is 66.4 Å². The number of hydrogen-bond acceptors (Lipinski definition) is 2. The number of aryl methyl sites for hydroxylation is 1. The number of benzene rings is 1. The first-order valence-corrected chi connectivity index (χ1v) is 5.37. The standard InChI is InChI=1S/C13H17NO3/c1-8-7-9(11(15)16)5-6-10(8)14-12(17)13(2,3)4/h5-7H,1-4H3,(H,14,17)(H,15,16). The molecule has 4 heteroatoms. The molecule has 17 heavy (non-hydrogen) atoms. The predicted molar refractivity (Wildman–Crippen MR) is 66.2 cm³/mol. The first kappa shape index (κ1) is 13.2. The van der Waals surface area contributed by atoms with Crippen LogP contribution in [-0.2, 0) is 4.79 Å². The minimum Gasteiger partial charge on any atom is -0.478 e. The second kappa shape index (κ2) is 4.57. The van der Waals surface area contributed by atoms with Crippen molar-refractivity contribution in [2.45, 2.75) is 27.7 Å². The van der Waals surface area contributed by atoms with Gasteiger partial charge in [0.2, 0.25) is 5.91 Å². The lowest BCUT2D eigenvalue weighted by Crippen LogP contribution is -2.27. The Bertz CT molecular complexity index is 458. The van der Waals surface area contributed by atoms with Gasteiger partial charge in [-0.3, -0.25) is 4.79 Å². The lowest BCUT2D eigenvalue weighted by atomic mass is 9.95. The van der Waals surface area contributed by atoms with Crippen LogP contribution in [0.5, 0.6) is 0 Å². The third-order valence-electron chi connectivity index (χ3n) is 2.40. The van der Waals surface area contributed by atoms with Crippen LogP contribution in [-0.4, -0.2) is 17.0 Å². The summed E-state index contributed by atoms with van der Waals surface area (Å²) < 4.78 is 0. The number of rotatable bonds is 2. The van der Waals surface area contributed by atoms with Crippen LogP contribution in [0.2, 0.25) is 0 Å². The van der Waals surface area contributed by atoms with Crippen LogP contribution in [0.1, 0.15) is 36.7 Å². The summed E-state index contributed by atoms with van der Waals surface area (Å²) in [6, 6.07) is 4.64. The summed E-state index contributed by atoms with van der Waals surface area (Å²) in [6.07, 6.45) is 0. The van der Waals surface area contributed by atoms with Crippen LogP contribution >= 0.6 is 0 Å². The van der Waals surface area contributed by atoms with Crippen molar-refractivity contribution in [3.05, 3.63) is 29.3 Å². The van der Waals surface area contributed by atoms with Gasteiger partial charge >= 0.3 is 5.97 Å². The molecule has 0 aliphatic carbocycles. The summed E-state index contributed by atoms with van der Waals surface area (Å²) >= 11 is 0. The minimum absolute atomic E-state index is 0.0938. The fourth-order valence-electron chi connectivity index (χ4n) is 1.25. The Morgan fingerprint density at radius 2 is 1.82 bits per heavy atom. The zero-order chi connectivity index (χ0) is 13.2. The summed E-state index contributed by atoms with van der Waals surface area (Å²) in [5.41, 5.74) is 1.13. The number of carbonyl (C=O) groups is 2. The SMILES string of the molecule is Cc1cc(C(=O)O)ccc1NC(=O)C(C)(C)C. The summed E-state index contributed by atoms with van der Waals surface area (Å²) in [5.74, 6) is -1.06. The van der Waals surface area contributed by atoms with Gasteiger partial charge in [-0.1, -0.05) is 20.8 Å². The van der Waals surface area contributed by atoms with Crippen LogP contribution in [0.25, 0.3) is 0 Å². The van der Waals surface area contributed by atoms with E-state index in [0.29, 0.717) is 5.69 Å². The Morgan fingerprint density at radius 3 is 2.24 bits per heavy atom. The monoisotopic (exact) mass is 235 g/mol. The number of aromatic carboxylic acids is 1. The number of carboxylic acids is 1. The molecule has 0 saturated carbocycles. The molecule has 0 fully saturated rings. The van der Waals surface area contributed by atoms with Crippen molar-refractivity contribution in [3.8, 4) is 0 Å². The minimum atomic E-state index is -0.971. The highest BCUT2D eigenvalue weighted by Gasteiger charge is 2.21. The third kappa shape index (κ3) is 3.31. The molecule has 0 radical (unpaired) electrons. The van der Waals surface area contributed by atoms with Gasteiger partial charge < -0.3 is 10.4 Å². The average molecular weight is 235 g/mol. The molecular weight excluding hydrogens is 218 g/mol. The lowest BCUT2D eigenvalue weighted by Gasteiger charge is -2.18. The second-order valence-electron chi connectivity index (χ2n) is 5.04. The van der Waals surface area contributed by atoms with Crippen LogP contribution < -0.4 is 5.32 Å². The van der Waals surface area contributed by atoms with Gasteiger partial charge in [0.15, 0.2) is 0 Å². The van der Waals surface area contributed by atoms with E-state index in [0.717, 1.165) is 5.56 Å². The van der Waals surface area contributed by atoms with Gasteiger partial charge in [0.25, 0.3) is 0 Å². The molecule has 0 saturated heterocycles. The van der Waals surface area contributed by atoms with E-state index in [9.17, 15) is 9.59 Å². The van der Waals surface area contributed by atoms with Crippen molar-refractivity contribution in [1.29, 1.82) is 0 Å². The van der Waals surface area contributed by atoms with E-state index in [1.165, 1.54) is 6.07 Å². The van der Waals surface area contributed by atoms with Crippen molar-refractivity contribution in [3.63, 3.8) is 0 Å². The van der Waals surface area contributed by atoms with Crippen LogP contribution in [0.4, 0.5) is 5.69 Å². The Kier molecular flexibility index (Phi) is 3.56. The second-order valence-corrected chi connectivity index (χ2v) is 5.04. The Morgan fingerprint density at radius 1 is 1.24 bits per heavy atom. The molecule has 0 atom stereocenters. The maximum atomic E-state index is 11.8. The molecule has 0 bridgehead atoms. The van der Waals surface area contributed by atoms with Crippen LogP contribution in [0, 0.1) is 12.3 Å². The Labute approximate surface area is 101 Å². The molecule has 1 aromatic carbocycles. The summed E-state index contributed by atoms with van der Waals surface area (Å²) in [7, 11) is 0. The van der Waals surface area contributed by atoms with E-state index in [4.69, 9.17) is 5.11 Å². The van der Waals surface area contributed by atoms with Gasteiger partial charge in [0, 0.05) is 11.1 Å². The lowest BCUT2D eigenvalue weighted by molar-refractivity contribution is -0.123. The van der Waals surface area contributed by atoms with Gasteiger partial charge in [-0.2, -0.15) is 0 Å². The third-order valence-corrected chi connectivity index (χ3v) is 2.40. The summed E-state index contributed by atoms with van der Waals surface area (Å²) in [6.45, 7) is 7.24. The molecule has 0 heterocycles. The van der Waals surface area contributed by atoms with Gasteiger partial charge in [-0.15, -0.1) is 0 Å². The molecule has 92 valence electrons. The number of anilines is 1. The Balaban J connectivity index is 2.95. The zero-order valence-electron chi connectivity index (χ0n) is 10.5. The average Bonchev–Trinajstić information content (AvgIpc) is 2.19. The van der Waals surface area contributed by atoms with Gasteiger partial charge in [0.1, 0.15) is 0 Å². The molecule has 1 amide bonds. The van der Waals surface area contributed by atoms with E-state index < -0.39 is 11.4 Å². The van der Waals surface area contributed by atoms with Crippen molar-refractivity contribution >= 4 is 17.6 Å². The van der Waals surface area contributed by atoms with Gasteiger partial charge in [0.05, 0.1) is 5.56 Å². The van der Waals surface area contributed by atoms with Crippen LogP contribution in [0.15, 0.2) is 18.2 Å². The highest BCUT2D eigenvalue weighted by Crippen LogP contribution is 2.21. The molecule has 0 spiro atoms. The number of amides is 1. The molecule has 0 aliphatic heterocycles. The number of carboxylic acid groups (broad SMARTS) is 1. The molecular formula is C13H17NO3. The summed E-state index contributed by atoms with van der Waals surface area (Å²) in [4.78, 5) is 22.5. The number of nitrogens with one attached hydrogen (secondary N) is 1. The van der Waals surface area contributed by atoms with Crippen molar-refractivity contribution in [2.75, 3.05) is 5.32 Å². The van der Waals surface area contributed by atoms with Crippen LogP contribution in [0.3, 0.4) is 0 Å². The fourth-order valence-corrected chi connectivity index (χ4v) is 1.25. The Hall–Kier alpha value is -1.84. The highest BCUT2D eigenvalue weighted by molar-refractivity contribution is 5.96. The maximum Gasteiger partial charge on any atom is 0.335 e. The molecule has 4 nitrogen and oxygen atoms in total. The number of carbonyl (C=O) groups excluding carboxylic acids is 1. The van der Waals surface area contributed by atoms with E-state index >= 15 is 0 Å². The first-order valence-electron chi connectivity index (χ1n) is 5.37. The highest BCUT2D eigenvalue weighted by atomic mass is 16.4. The normalized spacial score (nSPS) is 11.1. The molecule has 1 aromatic rings. The molecule has 0 aliphatic rings. The van der Waals surface area contributed by atoms with Crippen molar-refractivity contribution in [1.82, 2.24) is 0 Å². The summed E-state index contributed by atoms with van der Waals surface area (Å²) in [5, 5.41) is 11.6. The van der Waals surface area contributed by atoms with E-state index in [1.807, 2.05) is 20.8 Å². The maximum absolute atomic E-state index is 11.8. The zero-order valence-corrected chi connectivity index (χ0v) is 10.5.